The number of amides is 1. The molecule has 1 amide bonds. The Hall–Kier alpha value is -2.62. The van der Waals surface area contributed by atoms with E-state index < -0.39 is 0 Å². The predicted molar refractivity (Wildman–Crippen MR) is 105 cm³/mol. The maximum absolute atomic E-state index is 12.2. The molecule has 0 radical (unpaired) electrons. The molecule has 0 aliphatic carbocycles. The summed E-state index contributed by atoms with van der Waals surface area (Å²) in [4.78, 5) is 16.7. The first-order valence-corrected chi connectivity index (χ1v) is 9.20. The van der Waals surface area contributed by atoms with E-state index in [1.807, 2.05) is 30.6 Å². The lowest BCUT2D eigenvalue weighted by Crippen LogP contribution is -2.28. The Kier molecular flexibility index (Phi) is 5.40. The number of imidazole rings is 1. The molecule has 136 valence electrons. The molecule has 1 aromatic carbocycles. The van der Waals surface area contributed by atoms with Crippen LogP contribution in [0.4, 0.5) is 0 Å². The molecule has 2 heterocycles. The molecule has 1 N–H and O–H groups in total. The smallest absolute Gasteiger partial charge is 0.220 e. The molecule has 0 bridgehead atoms. The third-order valence-electron chi connectivity index (χ3n) is 5.00. The van der Waals surface area contributed by atoms with Crippen LogP contribution >= 0.6 is 0 Å². The van der Waals surface area contributed by atoms with Gasteiger partial charge in [0.05, 0.1) is 11.7 Å². The predicted octanol–water partition coefficient (Wildman–Crippen LogP) is 4.06. The van der Waals surface area contributed by atoms with Gasteiger partial charge in [-0.2, -0.15) is 0 Å². The maximum atomic E-state index is 12.2. The highest BCUT2D eigenvalue weighted by Gasteiger charge is 2.21. The van der Waals surface area contributed by atoms with Gasteiger partial charge in [0.2, 0.25) is 5.91 Å². The number of nitrogens with zero attached hydrogens (tertiary/aromatic N) is 2. The zero-order chi connectivity index (χ0) is 18.6. The molecule has 0 aliphatic heterocycles. The molecule has 0 saturated carbocycles. The number of aryl methyl sites for hydroxylation is 1. The highest BCUT2D eigenvalue weighted by molar-refractivity contribution is 5.76. The lowest BCUT2D eigenvalue weighted by atomic mass is 9.80. The van der Waals surface area contributed by atoms with Crippen LogP contribution < -0.4 is 5.32 Å². The molecular formula is C22H27N3O. The van der Waals surface area contributed by atoms with Crippen LogP contribution in [0.15, 0.2) is 54.9 Å². The molecule has 0 fully saturated rings. The summed E-state index contributed by atoms with van der Waals surface area (Å²) in [5, 5.41) is 3.03. The molecule has 26 heavy (non-hydrogen) atoms. The number of carbonyl (C=O) groups is 1. The van der Waals surface area contributed by atoms with Gasteiger partial charge in [-0.25, -0.2) is 4.98 Å². The number of pyridine rings is 1. The number of benzene rings is 1. The summed E-state index contributed by atoms with van der Waals surface area (Å²) in [5.41, 5.74) is 3.60. The Bertz CT molecular complexity index is 878. The van der Waals surface area contributed by atoms with Gasteiger partial charge in [0.15, 0.2) is 0 Å². The second-order valence-electron chi connectivity index (χ2n) is 7.52. The first kappa shape index (κ1) is 18.2. The molecule has 4 nitrogen and oxygen atoms in total. The maximum Gasteiger partial charge on any atom is 0.220 e. The minimum Gasteiger partial charge on any atom is -0.356 e. The van der Waals surface area contributed by atoms with Crippen molar-refractivity contribution < 1.29 is 4.79 Å². The van der Waals surface area contributed by atoms with E-state index in [2.05, 4.69) is 59.7 Å². The van der Waals surface area contributed by atoms with Gasteiger partial charge in [0.25, 0.3) is 0 Å². The molecule has 4 heteroatoms. The number of rotatable bonds is 7. The van der Waals surface area contributed by atoms with Gasteiger partial charge in [0.1, 0.15) is 5.82 Å². The first-order valence-electron chi connectivity index (χ1n) is 9.20. The van der Waals surface area contributed by atoms with Crippen molar-refractivity contribution in [3.05, 3.63) is 71.8 Å². The topological polar surface area (TPSA) is 46.4 Å². The summed E-state index contributed by atoms with van der Waals surface area (Å²) in [7, 11) is 0. The zero-order valence-electron chi connectivity index (χ0n) is 15.8. The van der Waals surface area contributed by atoms with Crippen molar-refractivity contribution in [2.24, 2.45) is 0 Å². The van der Waals surface area contributed by atoms with Crippen molar-refractivity contribution in [3.8, 4) is 0 Å². The molecule has 0 unspecified atom stereocenters. The SMILES string of the molecule is Cc1ccc(C(C)(C)CCC(=O)NCCc2ncc3ccccn23)cc1. The van der Waals surface area contributed by atoms with Gasteiger partial charge in [-0.1, -0.05) is 49.7 Å². The number of aromatic nitrogens is 2. The molecule has 2 aromatic heterocycles. The number of nitrogens with one attached hydrogen (secondary N) is 1. The molecule has 0 aliphatic rings. The van der Waals surface area contributed by atoms with Crippen LogP contribution in [-0.4, -0.2) is 21.8 Å². The second kappa shape index (κ2) is 7.73. The molecule has 3 aromatic rings. The van der Waals surface area contributed by atoms with Crippen LogP contribution in [-0.2, 0) is 16.6 Å². The summed E-state index contributed by atoms with van der Waals surface area (Å²) in [5.74, 6) is 1.08. The van der Waals surface area contributed by atoms with Crippen molar-refractivity contribution in [2.45, 2.75) is 45.4 Å². The van der Waals surface area contributed by atoms with Gasteiger partial charge < -0.3 is 9.72 Å². The van der Waals surface area contributed by atoms with Crippen molar-refractivity contribution in [3.63, 3.8) is 0 Å². The van der Waals surface area contributed by atoms with E-state index in [-0.39, 0.29) is 11.3 Å². The fourth-order valence-electron chi connectivity index (χ4n) is 3.16. The quantitative estimate of drug-likeness (QED) is 0.699. The Morgan fingerprint density at radius 1 is 1.15 bits per heavy atom. The fourth-order valence-corrected chi connectivity index (χ4v) is 3.16. The Morgan fingerprint density at radius 2 is 1.92 bits per heavy atom. The lowest BCUT2D eigenvalue weighted by molar-refractivity contribution is -0.121. The molecule has 3 rings (SSSR count). The van der Waals surface area contributed by atoms with Crippen molar-refractivity contribution in [1.82, 2.24) is 14.7 Å². The van der Waals surface area contributed by atoms with E-state index in [1.54, 1.807) is 0 Å². The zero-order valence-corrected chi connectivity index (χ0v) is 15.8. The Balaban J connectivity index is 1.47. The van der Waals surface area contributed by atoms with Crippen LogP contribution in [0.3, 0.4) is 0 Å². The largest absolute Gasteiger partial charge is 0.356 e. The summed E-state index contributed by atoms with van der Waals surface area (Å²) in [6.45, 7) is 7.09. The summed E-state index contributed by atoms with van der Waals surface area (Å²) in [6.07, 6.45) is 5.95. The van der Waals surface area contributed by atoms with Crippen LogP contribution in [0, 0.1) is 6.92 Å². The highest BCUT2D eigenvalue weighted by atomic mass is 16.1. The van der Waals surface area contributed by atoms with E-state index in [0.717, 1.165) is 24.2 Å². The van der Waals surface area contributed by atoms with E-state index in [9.17, 15) is 4.79 Å². The summed E-state index contributed by atoms with van der Waals surface area (Å²) in [6, 6.07) is 14.6. The Labute approximate surface area is 155 Å². The number of hydrogen-bond donors (Lipinski definition) is 1. The van der Waals surface area contributed by atoms with Crippen LogP contribution in [0.5, 0.6) is 0 Å². The van der Waals surface area contributed by atoms with Gasteiger partial charge >= 0.3 is 0 Å². The molecule has 0 atom stereocenters. The van der Waals surface area contributed by atoms with Crippen LogP contribution in [0.2, 0.25) is 0 Å². The lowest BCUT2D eigenvalue weighted by Gasteiger charge is -2.25. The average molecular weight is 349 g/mol. The highest BCUT2D eigenvalue weighted by Crippen LogP contribution is 2.28. The van der Waals surface area contributed by atoms with Crippen molar-refractivity contribution in [1.29, 1.82) is 0 Å². The van der Waals surface area contributed by atoms with E-state index in [1.165, 1.54) is 11.1 Å². The monoisotopic (exact) mass is 349 g/mol. The van der Waals surface area contributed by atoms with Crippen LogP contribution in [0.25, 0.3) is 5.52 Å². The molecule has 0 spiro atoms. The molecule has 0 saturated heterocycles. The van der Waals surface area contributed by atoms with Gasteiger partial charge in [-0.15, -0.1) is 0 Å². The minimum absolute atomic E-state index is 0.00960. The van der Waals surface area contributed by atoms with E-state index >= 15 is 0 Å². The second-order valence-corrected chi connectivity index (χ2v) is 7.52. The van der Waals surface area contributed by atoms with Gasteiger partial charge in [-0.05, 0) is 36.5 Å². The van der Waals surface area contributed by atoms with Crippen molar-refractivity contribution in [2.75, 3.05) is 6.54 Å². The van der Waals surface area contributed by atoms with E-state index in [4.69, 9.17) is 0 Å². The standard InChI is InChI=1S/C22H27N3O/c1-17-7-9-18(10-8-17)22(2,3)13-11-21(26)23-14-12-20-24-16-19-6-4-5-15-25(19)20/h4-10,15-16H,11-14H2,1-3H3,(H,23,26). The minimum atomic E-state index is -0.00960. The molecular weight excluding hydrogens is 322 g/mol. The first-order chi connectivity index (χ1) is 12.5. The van der Waals surface area contributed by atoms with Crippen LogP contribution in [0.1, 0.15) is 43.6 Å². The number of fused-ring (bicyclic) bond motifs is 1. The number of hydrogen-bond acceptors (Lipinski definition) is 2. The third kappa shape index (κ3) is 4.31. The van der Waals surface area contributed by atoms with Gasteiger partial charge in [-0.3, -0.25) is 4.79 Å². The summed E-state index contributed by atoms with van der Waals surface area (Å²) >= 11 is 0. The number of carbonyl (C=O) groups excluding carboxylic acids is 1. The van der Waals surface area contributed by atoms with E-state index in [0.29, 0.717) is 13.0 Å². The van der Waals surface area contributed by atoms with Gasteiger partial charge in [0, 0.05) is 25.6 Å². The van der Waals surface area contributed by atoms with Crippen molar-refractivity contribution >= 4 is 11.4 Å². The third-order valence-corrected chi connectivity index (χ3v) is 5.00. The Morgan fingerprint density at radius 3 is 2.69 bits per heavy atom. The normalized spacial score (nSPS) is 11.7. The summed E-state index contributed by atoms with van der Waals surface area (Å²) < 4.78 is 2.06. The average Bonchev–Trinajstić information content (AvgIpc) is 3.04. The fraction of sp³-hybridized carbons (Fsp3) is 0.364.